The first-order chi connectivity index (χ1) is 14.5. The third-order valence-corrected chi connectivity index (χ3v) is 6.38. The molecule has 0 fully saturated rings. The van der Waals surface area contributed by atoms with E-state index in [2.05, 4.69) is 15.9 Å². The molecule has 1 aliphatic carbocycles. The second-order valence-electron chi connectivity index (χ2n) is 6.71. The van der Waals surface area contributed by atoms with Crippen molar-refractivity contribution in [3.05, 3.63) is 52.6 Å². The van der Waals surface area contributed by atoms with Gasteiger partial charge in [-0.15, -0.1) is 0 Å². The lowest BCUT2D eigenvalue weighted by molar-refractivity contribution is -0.122. The van der Waals surface area contributed by atoms with Crippen molar-refractivity contribution in [3.8, 4) is 17.2 Å². The number of urea groups is 1. The summed E-state index contributed by atoms with van der Waals surface area (Å²) in [4.78, 5) is 46.1. The molecule has 10 heteroatoms. The molecular formula is C21H21BrN2O7. The second-order valence-corrected chi connectivity index (χ2v) is 8.23. The van der Waals surface area contributed by atoms with Gasteiger partial charge in [0.1, 0.15) is 10.1 Å². The number of aromatic hydroxyl groups is 3. The van der Waals surface area contributed by atoms with Gasteiger partial charge in [0.15, 0.2) is 23.1 Å². The molecule has 6 N–H and O–H groups in total. The SMILES string of the molecule is CCC(Br)(CC)C(=O)NC(N)=O.O=C1c2ccccc2C(=O)c2c(O)c(O)cc(O)c21. The number of carbonyl (C=O) groups is 4. The van der Waals surface area contributed by atoms with Crippen LogP contribution in [0.15, 0.2) is 30.3 Å². The highest BCUT2D eigenvalue weighted by atomic mass is 79.9. The summed E-state index contributed by atoms with van der Waals surface area (Å²) in [6.07, 6.45) is 1.23. The van der Waals surface area contributed by atoms with Gasteiger partial charge in [-0.3, -0.25) is 19.7 Å². The number of hydrogen-bond donors (Lipinski definition) is 5. The van der Waals surface area contributed by atoms with Crippen LogP contribution < -0.4 is 11.1 Å². The zero-order valence-electron chi connectivity index (χ0n) is 16.7. The molecule has 0 saturated carbocycles. The van der Waals surface area contributed by atoms with E-state index in [1.165, 1.54) is 12.1 Å². The highest BCUT2D eigenvalue weighted by Gasteiger charge is 2.35. The number of fused-ring (bicyclic) bond motifs is 2. The van der Waals surface area contributed by atoms with Gasteiger partial charge in [-0.2, -0.15) is 0 Å². The van der Waals surface area contributed by atoms with E-state index < -0.39 is 39.2 Å². The van der Waals surface area contributed by atoms with E-state index in [-0.39, 0.29) is 28.2 Å². The highest BCUT2D eigenvalue weighted by Crippen LogP contribution is 2.42. The lowest BCUT2D eigenvalue weighted by Crippen LogP contribution is -2.46. The highest BCUT2D eigenvalue weighted by molar-refractivity contribution is 9.10. The van der Waals surface area contributed by atoms with Gasteiger partial charge in [-0.25, -0.2) is 4.79 Å². The molecule has 0 spiro atoms. The smallest absolute Gasteiger partial charge is 0.318 e. The summed E-state index contributed by atoms with van der Waals surface area (Å²) in [5, 5.41) is 31.0. The Kier molecular flexibility index (Phi) is 7.06. The molecular weight excluding hydrogens is 472 g/mol. The standard InChI is InChI=1S/C14H8O5.C7H13BrN2O2/c15-8-5-9(16)14(19)11-10(8)12(17)6-3-1-2-4-7(6)13(11)18;1-3-7(8,4-2)5(11)10-6(9)12/h1-5,15-16,19H;3-4H2,1-2H3,(H3,9,10,11,12). The van der Waals surface area contributed by atoms with Crippen LogP contribution in [0.1, 0.15) is 58.5 Å². The minimum Gasteiger partial charge on any atom is -0.507 e. The van der Waals surface area contributed by atoms with Gasteiger partial charge in [0.25, 0.3) is 0 Å². The molecule has 0 bridgehead atoms. The predicted molar refractivity (Wildman–Crippen MR) is 115 cm³/mol. The lowest BCUT2D eigenvalue weighted by Gasteiger charge is -2.21. The molecule has 0 unspecified atom stereocenters. The number of hydrogen-bond acceptors (Lipinski definition) is 7. The van der Waals surface area contributed by atoms with Crippen molar-refractivity contribution < 1.29 is 34.5 Å². The van der Waals surface area contributed by atoms with Gasteiger partial charge >= 0.3 is 6.03 Å². The molecule has 0 atom stereocenters. The summed E-state index contributed by atoms with van der Waals surface area (Å²) in [6.45, 7) is 3.72. The quantitative estimate of drug-likeness (QED) is 0.212. The second kappa shape index (κ2) is 9.17. The molecule has 3 amide bonds. The minimum absolute atomic E-state index is 0.139. The molecule has 0 radical (unpaired) electrons. The summed E-state index contributed by atoms with van der Waals surface area (Å²) >= 11 is 3.26. The Morgan fingerprint density at radius 1 is 0.968 bits per heavy atom. The maximum atomic E-state index is 12.2. The molecule has 1 aliphatic rings. The summed E-state index contributed by atoms with van der Waals surface area (Å²) < 4.78 is -0.665. The molecule has 0 heterocycles. The first-order valence-electron chi connectivity index (χ1n) is 9.24. The van der Waals surface area contributed by atoms with Crippen LogP contribution >= 0.6 is 15.9 Å². The van der Waals surface area contributed by atoms with Gasteiger partial charge in [0, 0.05) is 17.2 Å². The molecule has 2 aromatic carbocycles. The van der Waals surface area contributed by atoms with E-state index in [0.29, 0.717) is 12.8 Å². The Morgan fingerprint density at radius 3 is 1.90 bits per heavy atom. The fraction of sp³-hybridized carbons (Fsp3) is 0.238. The topological polar surface area (TPSA) is 167 Å². The van der Waals surface area contributed by atoms with Gasteiger partial charge in [-0.05, 0) is 12.8 Å². The van der Waals surface area contributed by atoms with E-state index in [1.54, 1.807) is 12.1 Å². The van der Waals surface area contributed by atoms with Crippen molar-refractivity contribution in [2.45, 2.75) is 31.0 Å². The molecule has 0 saturated heterocycles. The number of nitrogens with one attached hydrogen (secondary N) is 1. The van der Waals surface area contributed by atoms with Gasteiger partial charge in [0.05, 0.1) is 11.1 Å². The van der Waals surface area contributed by atoms with Gasteiger partial charge < -0.3 is 21.1 Å². The van der Waals surface area contributed by atoms with Crippen LogP contribution in [0.2, 0.25) is 0 Å². The van der Waals surface area contributed by atoms with Crippen LogP contribution in [0.25, 0.3) is 0 Å². The Bertz CT molecular complexity index is 1080. The van der Waals surface area contributed by atoms with Crippen LogP contribution in [0.5, 0.6) is 17.2 Å². The van der Waals surface area contributed by atoms with E-state index in [9.17, 15) is 34.5 Å². The first-order valence-corrected chi connectivity index (χ1v) is 10.0. The molecule has 9 nitrogen and oxygen atoms in total. The monoisotopic (exact) mass is 492 g/mol. The third kappa shape index (κ3) is 4.53. The lowest BCUT2D eigenvalue weighted by atomic mass is 9.83. The Morgan fingerprint density at radius 2 is 1.45 bits per heavy atom. The largest absolute Gasteiger partial charge is 0.507 e. The number of ketones is 2. The minimum atomic E-state index is -0.814. The van der Waals surface area contributed by atoms with Crippen molar-refractivity contribution in [1.82, 2.24) is 5.32 Å². The Hall–Kier alpha value is -3.40. The van der Waals surface area contributed by atoms with Crippen molar-refractivity contribution in [2.24, 2.45) is 5.73 Å². The van der Waals surface area contributed by atoms with E-state index >= 15 is 0 Å². The average molecular weight is 493 g/mol. The maximum absolute atomic E-state index is 12.2. The van der Waals surface area contributed by atoms with Crippen LogP contribution in [0, 0.1) is 0 Å². The molecule has 164 valence electrons. The number of halogens is 1. The van der Waals surface area contributed by atoms with Crippen molar-refractivity contribution in [1.29, 1.82) is 0 Å². The fourth-order valence-corrected chi connectivity index (χ4v) is 3.14. The Labute approximate surface area is 186 Å². The van der Waals surface area contributed by atoms with Crippen molar-refractivity contribution >= 4 is 39.4 Å². The summed E-state index contributed by atoms with van der Waals surface area (Å²) in [5.41, 5.74) is 4.48. The third-order valence-electron chi connectivity index (χ3n) is 4.89. The predicted octanol–water partition coefficient (Wildman–Crippen LogP) is 2.71. The zero-order chi connectivity index (χ0) is 23.5. The van der Waals surface area contributed by atoms with Gasteiger partial charge in [-0.1, -0.05) is 54.0 Å². The number of primary amides is 1. The number of phenols is 3. The fourth-order valence-electron chi connectivity index (χ4n) is 3.04. The number of phenolic OH excluding ortho intramolecular Hbond substituents is 3. The molecule has 0 aliphatic heterocycles. The number of rotatable bonds is 3. The van der Waals surface area contributed by atoms with Crippen molar-refractivity contribution in [3.63, 3.8) is 0 Å². The van der Waals surface area contributed by atoms with Crippen LogP contribution in [-0.2, 0) is 4.79 Å². The molecule has 2 aromatic rings. The number of benzene rings is 2. The summed E-state index contributed by atoms with van der Waals surface area (Å²) in [5.74, 6) is -3.40. The molecule has 3 rings (SSSR count). The first kappa shape index (κ1) is 23.9. The van der Waals surface area contributed by atoms with Crippen LogP contribution in [0.3, 0.4) is 0 Å². The number of nitrogens with two attached hydrogens (primary N) is 1. The average Bonchev–Trinajstić information content (AvgIpc) is 2.74. The van der Waals surface area contributed by atoms with Gasteiger partial charge in [0.2, 0.25) is 5.91 Å². The summed E-state index contributed by atoms with van der Waals surface area (Å²) in [7, 11) is 0. The van der Waals surface area contributed by atoms with Crippen LogP contribution in [0.4, 0.5) is 4.79 Å². The molecule has 31 heavy (non-hydrogen) atoms. The molecule has 0 aromatic heterocycles. The number of carbonyl (C=O) groups excluding carboxylic acids is 4. The van der Waals surface area contributed by atoms with Crippen LogP contribution in [-0.4, -0.2) is 43.1 Å². The van der Waals surface area contributed by atoms with E-state index in [4.69, 9.17) is 5.73 Å². The van der Waals surface area contributed by atoms with E-state index in [0.717, 1.165) is 6.07 Å². The maximum Gasteiger partial charge on any atom is 0.318 e. The number of alkyl halides is 1. The summed E-state index contributed by atoms with van der Waals surface area (Å²) in [6, 6.07) is 6.15. The Balaban J connectivity index is 0.000000248. The number of imide groups is 1. The van der Waals surface area contributed by atoms with Crippen molar-refractivity contribution in [2.75, 3.05) is 0 Å². The number of amides is 3. The van der Waals surface area contributed by atoms with E-state index in [1.807, 2.05) is 19.2 Å². The normalized spacial score (nSPS) is 12.2. The zero-order valence-corrected chi connectivity index (χ0v) is 18.3.